The van der Waals surface area contributed by atoms with Gasteiger partial charge < -0.3 is 18.9 Å². The van der Waals surface area contributed by atoms with Crippen LogP contribution in [0.4, 0.5) is 11.4 Å². The molecule has 0 amide bonds. The van der Waals surface area contributed by atoms with Crippen molar-refractivity contribution in [2.75, 3.05) is 26.4 Å². The average Bonchev–Trinajstić information content (AvgIpc) is 3.18. The number of rotatable bonds is 22. The number of unbranched alkanes of at least 4 members (excludes halogenated alkanes) is 6. The fourth-order valence-electron chi connectivity index (χ4n) is 5.05. The molecule has 4 aromatic rings. The molecule has 0 atom stereocenters. The summed E-state index contributed by atoms with van der Waals surface area (Å²) in [5, 5.41) is 0. The predicted molar refractivity (Wildman–Crippen MR) is 209 cm³/mol. The maximum absolute atomic E-state index is 12.6. The molecule has 0 unspecified atom stereocenters. The Morgan fingerprint density at radius 3 is 1.29 bits per heavy atom. The number of hydrogen-bond acceptors (Lipinski definition) is 8. The Balaban J connectivity index is 1.13. The summed E-state index contributed by atoms with van der Waals surface area (Å²) in [5.41, 5.74) is 4.22. The van der Waals surface area contributed by atoms with Gasteiger partial charge in [-0.05, 0) is 96.8 Å². The maximum Gasteiger partial charge on any atom is 0.338 e. The molecule has 0 saturated carbocycles. The zero-order valence-corrected chi connectivity index (χ0v) is 30.8. The molecule has 274 valence electrons. The van der Waals surface area contributed by atoms with Crippen molar-refractivity contribution in [2.24, 2.45) is 15.9 Å². The average molecular weight is 705 g/mol. The minimum absolute atomic E-state index is 0.120. The van der Waals surface area contributed by atoms with Gasteiger partial charge in [-0.25, -0.2) is 9.59 Å². The molecule has 0 aromatic heterocycles. The molecule has 0 aliphatic heterocycles. The largest absolute Gasteiger partial charge is 0.494 e. The lowest BCUT2D eigenvalue weighted by Gasteiger charge is -2.13. The van der Waals surface area contributed by atoms with E-state index in [2.05, 4.69) is 23.8 Å². The van der Waals surface area contributed by atoms with Crippen molar-refractivity contribution in [1.82, 2.24) is 0 Å². The third-order valence-corrected chi connectivity index (χ3v) is 8.22. The van der Waals surface area contributed by atoms with Crippen molar-refractivity contribution >= 4 is 35.7 Å². The second-order valence-corrected chi connectivity index (χ2v) is 12.9. The third kappa shape index (κ3) is 14.5. The van der Waals surface area contributed by atoms with Crippen LogP contribution in [0, 0.1) is 5.92 Å². The number of hydrogen-bond donors (Lipinski definition) is 0. The highest BCUT2D eigenvalue weighted by Crippen LogP contribution is 2.20. The minimum Gasteiger partial charge on any atom is -0.494 e. The first kappa shape index (κ1) is 39.5. The third-order valence-electron chi connectivity index (χ3n) is 8.22. The molecule has 0 aliphatic rings. The first-order valence-corrected chi connectivity index (χ1v) is 18.5. The fraction of sp³-hybridized carbons (Fsp3) is 0.364. The van der Waals surface area contributed by atoms with Gasteiger partial charge in [-0.3, -0.25) is 9.98 Å². The van der Waals surface area contributed by atoms with Crippen molar-refractivity contribution < 1.29 is 28.5 Å². The van der Waals surface area contributed by atoms with E-state index in [-0.39, 0.29) is 19.1 Å². The summed E-state index contributed by atoms with van der Waals surface area (Å²) in [7, 11) is 0. The summed E-state index contributed by atoms with van der Waals surface area (Å²) >= 11 is 0. The van der Waals surface area contributed by atoms with E-state index >= 15 is 0 Å². The lowest BCUT2D eigenvalue weighted by atomic mass is 10.1. The quantitative estimate of drug-likeness (QED) is 0.0459. The number of esters is 2. The van der Waals surface area contributed by atoms with Gasteiger partial charge in [0.1, 0.15) is 11.5 Å². The van der Waals surface area contributed by atoms with E-state index in [4.69, 9.17) is 18.9 Å². The Kier molecular flexibility index (Phi) is 17.1. The number of ether oxygens (including phenoxy) is 4. The monoisotopic (exact) mass is 704 g/mol. The summed E-state index contributed by atoms with van der Waals surface area (Å²) < 4.78 is 22.5. The van der Waals surface area contributed by atoms with Crippen LogP contribution >= 0.6 is 0 Å². The van der Waals surface area contributed by atoms with E-state index in [0.29, 0.717) is 11.1 Å². The molecule has 0 N–H and O–H groups in total. The number of carbonyl (C=O) groups is 2. The highest BCUT2D eigenvalue weighted by Gasteiger charge is 2.13. The fourth-order valence-corrected chi connectivity index (χ4v) is 5.05. The highest BCUT2D eigenvalue weighted by molar-refractivity contribution is 5.92. The Morgan fingerprint density at radius 2 is 0.923 bits per heavy atom. The maximum atomic E-state index is 12.6. The second kappa shape index (κ2) is 22.6. The van der Waals surface area contributed by atoms with Crippen molar-refractivity contribution in [3.8, 4) is 11.5 Å². The van der Waals surface area contributed by atoms with Gasteiger partial charge in [0.25, 0.3) is 0 Å². The van der Waals surface area contributed by atoms with Crippen LogP contribution in [0.5, 0.6) is 11.5 Å². The van der Waals surface area contributed by atoms with Gasteiger partial charge in [-0.2, -0.15) is 0 Å². The molecule has 4 rings (SSSR count). The van der Waals surface area contributed by atoms with E-state index < -0.39 is 11.9 Å². The molecule has 0 heterocycles. The number of aliphatic imine (C=N–C) groups is 2. The Morgan fingerprint density at radius 1 is 0.538 bits per heavy atom. The number of carbonyl (C=O) groups excluding carboxylic acids is 2. The van der Waals surface area contributed by atoms with Gasteiger partial charge in [0.15, 0.2) is 0 Å². The van der Waals surface area contributed by atoms with Gasteiger partial charge in [-0.1, -0.05) is 83.6 Å². The topological polar surface area (TPSA) is 95.8 Å². The summed E-state index contributed by atoms with van der Waals surface area (Å²) in [6.07, 6.45) is 12.9. The SMILES string of the molecule is CCCCCCOc1ccc(N=Cc2ccc(C(=O)OCC(C)COC(=O)c3ccc(C=Nc4ccc(OCCCCCC)cc4)cc3)cc2)cc1. The van der Waals surface area contributed by atoms with Gasteiger partial charge in [-0.15, -0.1) is 0 Å². The normalized spacial score (nSPS) is 11.8. The van der Waals surface area contributed by atoms with Crippen molar-refractivity contribution in [1.29, 1.82) is 0 Å². The summed E-state index contributed by atoms with van der Waals surface area (Å²) in [6.45, 7) is 7.94. The Labute approximate surface area is 308 Å². The molecule has 4 aromatic carbocycles. The molecule has 0 fully saturated rings. The Bertz CT molecular complexity index is 1550. The van der Waals surface area contributed by atoms with Gasteiger partial charge >= 0.3 is 11.9 Å². The number of benzene rings is 4. The summed E-state index contributed by atoms with van der Waals surface area (Å²) in [5.74, 6) is 0.629. The van der Waals surface area contributed by atoms with Crippen molar-refractivity contribution in [3.63, 3.8) is 0 Å². The van der Waals surface area contributed by atoms with E-state index in [1.54, 1.807) is 36.7 Å². The molecule has 8 heteroatoms. The van der Waals surface area contributed by atoms with E-state index in [9.17, 15) is 9.59 Å². The van der Waals surface area contributed by atoms with E-state index in [1.165, 1.54) is 38.5 Å². The minimum atomic E-state index is -0.439. The van der Waals surface area contributed by atoms with Crippen LogP contribution in [0.15, 0.2) is 107 Å². The first-order valence-electron chi connectivity index (χ1n) is 18.5. The lowest BCUT2D eigenvalue weighted by Crippen LogP contribution is -2.18. The van der Waals surface area contributed by atoms with Crippen LogP contribution < -0.4 is 9.47 Å². The second-order valence-electron chi connectivity index (χ2n) is 12.9. The van der Waals surface area contributed by atoms with E-state index in [0.717, 1.165) is 60.1 Å². The van der Waals surface area contributed by atoms with Crippen LogP contribution in [0.1, 0.15) is 104 Å². The highest BCUT2D eigenvalue weighted by atomic mass is 16.5. The smallest absolute Gasteiger partial charge is 0.338 e. The van der Waals surface area contributed by atoms with E-state index in [1.807, 2.05) is 79.7 Å². The Hall–Kier alpha value is -5.24. The molecule has 0 saturated heterocycles. The van der Waals surface area contributed by atoms with Crippen LogP contribution in [-0.2, 0) is 9.47 Å². The molecule has 52 heavy (non-hydrogen) atoms. The summed E-state index contributed by atoms with van der Waals surface area (Å²) in [6, 6.07) is 29.5. The van der Waals surface area contributed by atoms with Gasteiger partial charge in [0.2, 0.25) is 0 Å². The molecule has 0 aliphatic carbocycles. The van der Waals surface area contributed by atoms with Gasteiger partial charge in [0, 0.05) is 18.3 Å². The zero-order chi connectivity index (χ0) is 36.8. The molecular formula is C44H52N2O6. The predicted octanol–water partition coefficient (Wildman–Crippen LogP) is 10.8. The first-order chi connectivity index (χ1) is 25.4. The van der Waals surface area contributed by atoms with Crippen LogP contribution in [-0.4, -0.2) is 50.8 Å². The molecule has 0 radical (unpaired) electrons. The number of nitrogens with zero attached hydrogens (tertiary/aromatic N) is 2. The van der Waals surface area contributed by atoms with Crippen LogP contribution in [0.25, 0.3) is 0 Å². The molecule has 0 bridgehead atoms. The molecular weight excluding hydrogens is 652 g/mol. The summed E-state index contributed by atoms with van der Waals surface area (Å²) in [4.78, 5) is 34.3. The standard InChI is InChI=1S/C44H52N2O6/c1-4-6-8-10-28-49-41-24-20-39(21-25-41)45-30-35-12-16-37(17-13-35)43(47)51-32-34(3)33-52-44(48)38-18-14-36(15-19-38)31-46-40-22-26-42(27-23-40)50-29-11-9-7-5-2/h12-27,30-31,34H,4-11,28-29,32-33H2,1-3H3. The van der Waals surface area contributed by atoms with Crippen LogP contribution in [0.2, 0.25) is 0 Å². The van der Waals surface area contributed by atoms with Gasteiger partial charge in [0.05, 0.1) is 48.9 Å². The lowest BCUT2D eigenvalue weighted by molar-refractivity contribution is 0.0283. The molecule has 0 spiro atoms. The zero-order valence-electron chi connectivity index (χ0n) is 30.8. The van der Waals surface area contributed by atoms with Crippen molar-refractivity contribution in [2.45, 2.75) is 72.1 Å². The molecule has 8 nitrogen and oxygen atoms in total. The van der Waals surface area contributed by atoms with Crippen LogP contribution in [0.3, 0.4) is 0 Å². The van der Waals surface area contributed by atoms with Crippen molar-refractivity contribution in [3.05, 3.63) is 119 Å².